The molecule has 1 aromatic rings. The smallest absolute Gasteiger partial charge is 0.314 e. The summed E-state index contributed by atoms with van der Waals surface area (Å²) >= 11 is 0. The summed E-state index contributed by atoms with van der Waals surface area (Å²) in [4.78, 5) is 12.4. The molecule has 1 aliphatic carbocycles. The van der Waals surface area contributed by atoms with Gasteiger partial charge in [0.2, 0.25) is 0 Å². The van der Waals surface area contributed by atoms with Gasteiger partial charge in [-0.05, 0) is 49.8 Å². The van der Waals surface area contributed by atoms with E-state index in [2.05, 4.69) is 5.32 Å². The minimum Gasteiger partial charge on any atom is -0.481 e. The van der Waals surface area contributed by atoms with Crippen molar-refractivity contribution in [3.05, 3.63) is 35.9 Å². The van der Waals surface area contributed by atoms with Crippen LogP contribution in [0, 0.1) is 11.8 Å². The third-order valence-electron chi connectivity index (χ3n) is 5.31. The molecular formula is C17H23NO2. The van der Waals surface area contributed by atoms with Crippen LogP contribution in [-0.4, -0.2) is 24.2 Å². The second-order valence-corrected chi connectivity index (χ2v) is 6.21. The number of benzene rings is 1. The third-order valence-corrected chi connectivity index (χ3v) is 5.31. The van der Waals surface area contributed by atoms with Crippen LogP contribution in [0.25, 0.3) is 0 Å². The van der Waals surface area contributed by atoms with Crippen LogP contribution in [0.1, 0.15) is 37.7 Å². The van der Waals surface area contributed by atoms with E-state index in [0.717, 1.165) is 37.9 Å². The molecule has 3 heteroatoms. The Bertz CT molecular complexity index is 443. The fourth-order valence-electron chi connectivity index (χ4n) is 4.42. The minimum absolute atomic E-state index is 0.213. The number of carboxylic acid groups (broad SMARTS) is 1. The standard InChI is InChI=1S/C17H23NO2/c19-16(20)17(14-8-4-5-9-14,15-10-11-18-12-15)13-6-2-1-3-7-13/h1-3,6-7,14-15,18H,4-5,8-12H2,(H,19,20). The Morgan fingerprint density at radius 3 is 2.35 bits per heavy atom. The van der Waals surface area contributed by atoms with Gasteiger partial charge in [0.05, 0.1) is 5.41 Å². The molecule has 0 bridgehead atoms. The lowest BCUT2D eigenvalue weighted by molar-refractivity contribution is -0.149. The van der Waals surface area contributed by atoms with Gasteiger partial charge in [-0.1, -0.05) is 43.2 Å². The van der Waals surface area contributed by atoms with Crippen molar-refractivity contribution in [2.45, 2.75) is 37.5 Å². The second kappa shape index (κ2) is 5.57. The first-order valence-corrected chi connectivity index (χ1v) is 7.76. The summed E-state index contributed by atoms with van der Waals surface area (Å²) in [5, 5.41) is 13.5. The van der Waals surface area contributed by atoms with E-state index in [0.29, 0.717) is 0 Å². The Labute approximate surface area is 120 Å². The lowest BCUT2D eigenvalue weighted by Crippen LogP contribution is -2.49. The van der Waals surface area contributed by atoms with E-state index in [1.54, 1.807) is 0 Å². The van der Waals surface area contributed by atoms with Gasteiger partial charge in [-0.25, -0.2) is 0 Å². The zero-order valence-electron chi connectivity index (χ0n) is 11.8. The van der Waals surface area contributed by atoms with Crippen molar-refractivity contribution in [1.29, 1.82) is 0 Å². The van der Waals surface area contributed by atoms with Crippen molar-refractivity contribution in [1.82, 2.24) is 5.32 Å². The zero-order valence-corrected chi connectivity index (χ0v) is 11.8. The highest BCUT2D eigenvalue weighted by atomic mass is 16.4. The van der Waals surface area contributed by atoms with Crippen molar-refractivity contribution in [3.63, 3.8) is 0 Å². The fourth-order valence-corrected chi connectivity index (χ4v) is 4.42. The molecule has 2 unspecified atom stereocenters. The second-order valence-electron chi connectivity index (χ2n) is 6.21. The molecule has 2 fully saturated rings. The number of hydrogen-bond acceptors (Lipinski definition) is 2. The highest BCUT2D eigenvalue weighted by Gasteiger charge is 2.53. The molecule has 1 heterocycles. The molecule has 0 radical (unpaired) electrons. The molecule has 0 amide bonds. The van der Waals surface area contributed by atoms with Gasteiger partial charge in [-0.15, -0.1) is 0 Å². The van der Waals surface area contributed by atoms with E-state index in [1.807, 2.05) is 30.3 Å². The molecule has 2 N–H and O–H groups in total. The van der Waals surface area contributed by atoms with Crippen LogP contribution >= 0.6 is 0 Å². The first kappa shape index (κ1) is 13.6. The monoisotopic (exact) mass is 273 g/mol. The summed E-state index contributed by atoms with van der Waals surface area (Å²) < 4.78 is 0. The molecule has 2 aliphatic rings. The topological polar surface area (TPSA) is 49.3 Å². The minimum atomic E-state index is -0.693. The van der Waals surface area contributed by atoms with E-state index in [4.69, 9.17) is 0 Å². The van der Waals surface area contributed by atoms with Crippen LogP contribution in [0.2, 0.25) is 0 Å². The van der Waals surface area contributed by atoms with Gasteiger partial charge >= 0.3 is 5.97 Å². The van der Waals surface area contributed by atoms with Crippen molar-refractivity contribution < 1.29 is 9.90 Å². The number of hydrogen-bond donors (Lipinski definition) is 2. The summed E-state index contributed by atoms with van der Waals surface area (Å²) in [6.07, 6.45) is 5.42. The molecule has 20 heavy (non-hydrogen) atoms. The Kier molecular flexibility index (Phi) is 3.79. The molecule has 2 atom stereocenters. The predicted octanol–water partition coefficient (Wildman–Crippen LogP) is 2.81. The highest BCUT2D eigenvalue weighted by Crippen LogP contribution is 2.49. The van der Waals surface area contributed by atoms with Crippen LogP contribution < -0.4 is 5.32 Å². The van der Waals surface area contributed by atoms with Crippen LogP contribution in [0.15, 0.2) is 30.3 Å². The first-order valence-electron chi connectivity index (χ1n) is 7.76. The average molecular weight is 273 g/mol. The van der Waals surface area contributed by atoms with Crippen LogP contribution in [0.4, 0.5) is 0 Å². The van der Waals surface area contributed by atoms with Crippen LogP contribution in [-0.2, 0) is 10.2 Å². The number of rotatable bonds is 4. The van der Waals surface area contributed by atoms with Crippen LogP contribution in [0.3, 0.4) is 0 Å². The molecule has 1 aliphatic heterocycles. The van der Waals surface area contributed by atoms with Gasteiger partial charge in [0.1, 0.15) is 0 Å². The Morgan fingerprint density at radius 1 is 1.10 bits per heavy atom. The van der Waals surface area contributed by atoms with Gasteiger partial charge in [0, 0.05) is 0 Å². The maximum atomic E-state index is 12.4. The van der Waals surface area contributed by atoms with Gasteiger partial charge in [0.15, 0.2) is 0 Å². The van der Waals surface area contributed by atoms with E-state index in [-0.39, 0.29) is 11.8 Å². The van der Waals surface area contributed by atoms with Gasteiger partial charge in [0.25, 0.3) is 0 Å². The normalized spacial score (nSPS) is 26.5. The number of carbonyl (C=O) groups is 1. The molecule has 0 aromatic heterocycles. The van der Waals surface area contributed by atoms with E-state index in [1.165, 1.54) is 12.8 Å². The summed E-state index contributed by atoms with van der Waals surface area (Å²) in [7, 11) is 0. The Balaban J connectivity index is 2.10. The highest BCUT2D eigenvalue weighted by molar-refractivity contribution is 5.82. The zero-order chi connectivity index (χ0) is 14.0. The predicted molar refractivity (Wildman–Crippen MR) is 78.7 cm³/mol. The summed E-state index contributed by atoms with van der Waals surface area (Å²) in [6, 6.07) is 9.96. The quantitative estimate of drug-likeness (QED) is 0.887. The van der Waals surface area contributed by atoms with Crippen LogP contribution in [0.5, 0.6) is 0 Å². The lowest BCUT2D eigenvalue weighted by Gasteiger charge is -2.40. The molecule has 3 nitrogen and oxygen atoms in total. The van der Waals surface area contributed by atoms with E-state index in [9.17, 15) is 9.90 Å². The maximum absolute atomic E-state index is 12.4. The molecule has 3 rings (SSSR count). The molecule has 1 aromatic carbocycles. The first-order chi connectivity index (χ1) is 9.76. The molecule has 1 saturated carbocycles. The third kappa shape index (κ3) is 2.05. The van der Waals surface area contributed by atoms with Gasteiger partial charge in [-0.3, -0.25) is 4.79 Å². The van der Waals surface area contributed by atoms with Crippen molar-refractivity contribution in [2.24, 2.45) is 11.8 Å². The SMILES string of the molecule is O=C(O)C(c1ccccc1)(C1CCCC1)C1CCNC1. The Hall–Kier alpha value is -1.35. The molecule has 108 valence electrons. The summed E-state index contributed by atoms with van der Waals surface area (Å²) in [5.41, 5.74) is 0.314. The van der Waals surface area contributed by atoms with Gasteiger partial charge < -0.3 is 10.4 Å². The largest absolute Gasteiger partial charge is 0.481 e. The fraction of sp³-hybridized carbons (Fsp3) is 0.588. The van der Waals surface area contributed by atoms with Crippen molar-refractivity contribution >= 4 is 5.97 Å². The van der Waals surface area contributed by atoms with E-state index < -0.39 is 11.4 Å². The van der Waals surface area contributed by atoms with Crippen molar-refractivity contribution in [3.8, 4) is 0 Å². The van der Waals surface area contributed by atoms with E-state index >= 15 is 0 Å². The molecular weight excluding hydrogens is 250 g/mol. The molecule has 1 saturated heterocycles. The lowest BCUT2D eigenvalue weighted by atomic mass is 9.61. The summed E-state index contributed by atoms with van der Waals surface area (Å²) in [5.74, 6) is -0.123. The summed E-state index contributed by atoms with van der Waals surface area (Å²) in [6.45, 7) is 1.77. The van der Waals surface area contributed by atoms with Gasteiger partial charge in [-0.2, -0.15) is 0 Å². The number of carboxylic acids is 1. The average Bonchev–Trinajstić information content (AvgIpc) is 3.14. The molecule has 0 spiro atoms. The van der Waals surface area contributed by atoms with Crippen molar-refractivity contribution in [2.75, 3.05) is 13.1 Å². The number of nitrogens with one attached hydrogen (secondary N) is 1. The Morgan fingerprint density at radius 2 is 1.80 bits per heavy atom. The number of aliphatic carboxylic acids is 1. The maximum Gasteiger partial charge on any atom is 0.314 e.